The van der Waals surface area contributed by atoms with Gasteiger partial charge in [-0.15, -0.1) is 0 Å². The second-order valence-corrected chi connectivity index (χ2v) is 3.51. The molecule has 1 atom stereocenters. The monoisotopic (exact) mass is 246 g/mol. The van der Waals surface area contributed by atoms with E-state index in [0.717, 1.165) is 0 Å². The van der Waals surface area contributed by atoms with Crippen molar-refractivity contribution in [1.29, 1.82) is 0 Å². The lowest BCUT2D eigenvalue weighted by Gasteiger charge is -2.05. The highest BCUT2D eigenvalue weighted by Gasteiger charge is 2.13. The highest BCUT2D eigenvalue weighted by atomic mass is 79.9. The van der Waals surface area contributed by atoms with Crippen LogP contribution in [-0.2, 0) is 16.0 Å². The standard InChI is InChI=1S/C9H11BrO3/c1-6(12-2)8(11)5-7-3-4-9(10)13-7/h3-4,6H,5H2,1-2H3. The Kier molecular flexibility index (Phi) is 3.69. The van der Waals surface area contributed by atoms with Crippen molar-refractivity contribution in [3.8, 4) is 0 Å². The number of hydrogen-bond donors (Lipinski definition) is 0. The van der Waals surface area contributed by atoms with Gasteiger partial charge in [0.1, 0.15) is 11.9 Å². The molecule has 1 aromatic heterocycles. The van der Waals surface area contributed by atoms with E-state index in [1.165, 1.54) is 7.11 Å². The smallest absolute Gasteiger partial charge is 0.169 e. The predicted octanol–water partition coefficient (Wildman–Crippen LogP) is 2.19. The summed E-state index contributed by atoms with van der Waals surface area (Å²) in [6.07, 6.45) is -0.0930. The third kappa shape index (κ3) is 2.97. The summed E-state index contributed by atoms with van der Waals surface area (Å²) in [7, 11) is 1.51. The molecular weight excluding hydrogens is 236 g/mol. The van der Waals surface area contributed by atoms with Crippen LogP contribution < -0.4 is 0 Å². The Labute approximate surface area is 85.2 Å². The Morgan fingerprint density at radius 1 is 1.69 bits per heavy atom. The van der Waals surface area contributed by atoms with Crippen LogP contribution in [0, 0.1) is 0 Å². The average Bonchev–Trinajstić information content (AvgIpc) is 2.49. The summed E-state index contributed by atoms with van der Waals surface area (Å²) >= 11 is 3.17. The Morgan fingerprint density at radius 2 is 2.38 bits per heavy atom. The van der Waals surface area contributed by atoms with Crippen LogP contribution in [0.25, 0.3) is 0 Å². The predicted molar refractivity (Wildman–Crippen MR) is 51.6 cm³/mol. The van der Waals surface area contributed by atoms with Gasteiger partial charge >= 0.3 is 0 Å². The van der Waals surface area contributed by atoms with Crippen LogP contribution in [0.4, 0.5) is 0 Å². The minimum absolute atomic E-state index is 0.0179. The molecule has 72 valence electrons. The molecule has 1 unspecified atom stereocenters. The number of ether oxygens (including phenoxy) is 1. The fraction of sp³-hybridized carbons (Fsp3) is 0.444. The van der Waals surface area contributed by atoms with Gasteiger partial charge < -0.3 is 9.15 Å². The fourth-order valence-electron chi connectivity index (χ4n) is 0.894. The molecule has 0 aliphatic carbocycles. The zero-order valence-corrected chi connectivity index (χ0v) is 9.13. The number of hydrogen-bond acceptors (Lipinski definition) is 3. The van der Waals surface area contributed by atoms with Crippen LogP contribution in [0.1, 0.15) is 12.7 Å². The minimum atomic E-state index is -0.371. The van der Waals surface area contributed by atoms with E-state index in [2.05, 4.69) is 15.9 Å². The summed E-state index contributed by atoms with van der Waals surface area (Å²) in [4.78, 5) is 11.4. The van der Waals surface area contributed by atoms with Gasteiger partial charge in [0.25, 0.3) is 0 Å². The van der Waals surface area contributed by atoms with E-state index in [1.54, 1.807) is 19.1 Å². The Bertz CT molecular complexity index is 293. The van der Waals surface area contributed by atoms with Crippen LogP contribution in [-0.4, -0.2) is 19.0 Å². The van der Waals surface area contributed by atoms with Crippen molar-refractivity contribution in [1.82, 2.24) is 0 Å². The lowest BCUT2D eigenvalue weighted by atomic mass is 10.1. The molecule has 1 aromatic rings. The van der Waals surface area contributed by atoms with Gasteiger partial charge in [-0.05, 0) is 35.0 Å². The second-order valence-electron chi connectivity index (χ2n) is 2.73. The molecule has 0 fully saturated rings. The molecule has 3 nitrogen and oxygen atoms in total. The molecule has 13 heavy (non-hydrogen) atoms. The van der Waals surface area contributed by atoms with E-state index in [4.69, 9.17) is 9.15 Å². The van der Waals surface area contributed by atoms with Crippen molar-refractivity contribution < 1.29 is 13.9 Å². The molecule has 0 saturated heterocycles. The maximum Gasteiger partial charge on any atom is 0.169 e. The van der Waals surface area contributed by atoms with Gasteiger partial charge in [-0.25, -0.2) is 0 Å². The summed E-state index contributed by atoms with van der Waals surface area (Å²) < 4.78 is 10.7. The third-order valence-electron chi connectivity index (χ3n) is 1.78. The largest absolute Gasteiger partial charge is 0.454 e. The highest BCUT2D eigenvalue weighted by molar-refractivity contribution is 9.10. The normalized spacial score (nSPS) is 12.8. The van der Waals surface area contributed by atoms with E-state index in [-0.39, 0.29) is 18.3 Å². The van der Waals surface area contributed by atoms with Gasteiger partial charge in [0, 0.05) is 7.11 Å². The SMILES string of the molecule is COC(C)C(=O)Cc1ccc(Br)o1. The highest BCUT2D eigenvalue weighted by Crippen LogP contribution is 2.15. The minimum Gasteiger partial charge on any atom is -0.454 e. The first-order chi connectivity index (χ1) is 6.13. The first-order valence-corrected chi connectivity index (χ1v) is 4.72. The lowest BCUT2D eigenvalue weighted by Crippen LogP contribution is -2.20. The molecule has 0 amide bonds. The van der Waals surface area contributed by atoms with Gasteiger partial charge in [0.15, 0.2) is 10.5 Å². The van der Waals surface area contributed by atoms with Gasteiger partial charge in [-0.1, -0.05) is 0 Å². The van der Waals surface area contributed by atoms with Gasteiger partial charge in [-0.2, -0.15) is 0 Å². The molecule has 0 aromatic carbocycles. The maximum atomic E-state index is 11.4. The van der Waals surface area contributed by atoms with E-state index in [1.807, 2.05) is 0 Å². The van der Waals surface area contributed by atoms with Crippen molar-refractivity contribution in [2.45, 2.75) is 19.4 Å². The molecule has 0 N–H and O–H groups in total. The third-order valence-corrected chi connectivity index (χ3v) is 2.21. The van der Waals surface area contributed by atoms with Crippen LogP contribution in [0.15, 0.2) is 21.2 Å². The lowest BCUT2D eigenvalue weighted by molar-refractivity contribution is -0.127. The number of carbonyl (C=O) groups excluding carboxylic acids is 1. The Morgan fingerprint density at radius 3 is 2.85 bits per heavy atom. The quantitative estimate of drug-likeness (QED) is 0.818. The molecule has 0 spiro atoms. The summed E-state index contributed by atoms with van der Waals surface area (Å²) in [5.74, 6) is 0.671. The van der Waals surface area contributed by atoms with E-state index >= 15 is 0 Å². The first kappa shape index (κ1) is 10.5. The topological polar surface area (TPSA) is 39.4 Å². The summed E-state index contributed by atoms with van der Waals surface area (Å²) in [5.41, 5.74) is 0. The Balaban J connectivity index is 2.54. The van der Waals surface area contributed by atoms with Crippen LogP contribution >= 0.6 is 15.9 Å². The van der Waals surface area contributed by atoms with E-state index in [9.17, 15) is 4.79 Å². The van der Waals surface area contributed by atoms with Gasteiger partial charge in [0.2, 0.25) is 0 Å². The van der Waals surface area contributed by atoms with Crippen molar-refractivity contribution in [3.63, 3.8) is 0 Å². The first-order valence-electron chi connectivity index (χ1n) is 3.93. The second kappa shape index (κ2) is 4.58. The number of rotatable bonds is 4. The number of methoxy groups -OCH3 is 1. The van der Waals surface area contributed by atoms with Crippen LogP contribution in [0.3, 0.4) is 0 Å². The molecule has 1 heterocycles. The summed E-state index contributed by atoms with van der Waals surface area (Å²) in [5, 5.41) is 0. The number of ketones is 1. The zero-order chi connectivity index (χ0) is 9.84. The molecular formula is C9H11BrO3. The van der Waals surface area contributed by atoms with Gasteiger partial charge in [0.05, 0.1) is 6.42 Å². The number of halogens is 1. The average molecular weight is 247 g/mol. The molecule has 0 aliphatic heterocycles. The fourth-order valence-corrected chi connectivity index (χ4v) is 1.23. The van der Waals surface area contributed by atoms with E-state index in [0.29, 0.717) is 10.4 Å². The Hall–Kier alpha value is -0.610. The van der Waals surface area contributed by atoms with Crippen molar-refractivity contribution >= 4 is 21.7 Å². The molecule has 0 bridgehead atoms. The number of furan rings is 1. The van der Waals surface area contributed by atoms with Crippen molar-refractivity contribution in [3.05, 3.63) is 22.6 Å². The molecule has 0 saturated carbocycles. The molecule has 4 heteroatoms. The van der Waals surface area contributed by atoms with E-state index < -0.39 is 0 Å². The molecule has 0 aliphatic rings. The summed E-state index contributed by atoms with van der Waals surface area (Å²) in [6.45, 7) is 1.72. The van der Waals surface area contributed by atoms with Crippen LogP contribution in [0.2, 0.25) is 0 Å². The molecule has 1 rings (SSSR count). The van der Waals surface area contributed by atoms with Gasteiger partial charge in [-0.3, -0.25) is 4.79 Å². The maximum absolute atomic E-state index is 11.4. The van der Waals surface area contributed by atoms with Crippen LogP contribution in [0.5, 0.6) is 0 Å². The number of Topliss-reactive ketones (excluding diaryl/α,β-unsaturated/α-hetero) is 1. The van der Waals surface area contributed by atoms with Crippen molar-refractivity contribution in [2.24, 2.45) is 0 Å². The zero-order valence-electron chi connectivity index (χ0n) is 7.54. The number of carbonyl (C=O) groups is 1. The van der Waals surface area contributed by atoms with Crippen molar-refractivity contribution in [2.75, 3.05) is 7.11 Å². The summed E-state index contributed by atoms with van der Waals surface area (Å²) in [6, 6.07) is 3.53. The molecule has 0 radical (unpaired) electrons.